The van der Waals surface area contributed by atoms with E-state index in [4.69, 9.17) is 31.7 Å². The molecule has 2 aromatic rings. The van der Waals surface area contributed by atoms with Crippen LogP contribution in [0.3, 0.4) is 0 Å². The summed E-state index contributed by atoms with van der Waals surface area (Å²) < 4.78 is 10.4. The Balaban J connectivity index is 2.21. The van der Waals surface area contributed by atoms with Crippen LogP contribution in [-0.2, 0) is 0 Å². The van der Waals surface area contributed by atoms with E-state index in [9.17, 15) is 0 Å². The number of aliphatic hydroxyl groups is 1. The third-order valence-corrected chi connectivity index (χ3v) is 2.30. The molecule has 2 rings (SSSR count). The molecule has 0 aliphatic carbocycles. The largest absolute Gasteiger partial charge is 0.473 e. The lowest BCUT2D eigenvalue weighted by Crippen LogP contribution is -2.31. The fraction of sp³-hybridized carbons (Fsp3) is 0.300. The molecule has 0 saturated carbocycles. The van der Waals surface area contributed by atoms with Crippen LogP contribution in [0.25, 0.3) is 11.0 Å². The fourth-order valence-corrected chi connectivity index (χ4v) is 1.40. The smallest absolute Gasteiger partial charge is 0.262 e. The summed E-state index contributed by atoms with van der Waals surface area (Å²) in [5.74, 6) is 0.335. The van der Waals surface area contributed by atoms with Crippen molar-refractivity contribution in [2.24, 2.45) is 5.73 Å². The summed E-state index contributed by atoms with van der Waals surface area (Å²) in [6, 6.07) is 4.68. The molecule has 0 bridgehead atoms. The van der Waals surface area contributed by atoms with Crippen LogP contribution in [0.2, 0.25) is 5.02 Å². The molecule has 0 saturated heterocycles. The Morgan fingerprint density at radius 1 is 1.56 bits per heavy atom. The molecule has 3 N–H and O–H groups in total. The number of aromatic nitrogens is 1. The molecule has 1 aromatic carbocycles. The second kappa shape index (κ2) is 4.69. The highest BCUT2D eigenvalue weighted by atomic mass is 35.5. The van der Waals surface area contributed by atoms with Gasteiger partial charge in [-0.25, -0.2) is 0 Å². The van der Waals surface area contributed by atoms with E-state index in [0.717, 1.165) is 0 Å². The maximum atomic E-state index is 8.75. The van der Waals surface area contributed by atoms with E-state index in [1.807, 2.05) is 0 Å². The molecule has 0 aliphatic heterocycles. The van der Waals surface area contributed by atoms with E-state index in [-0.39, 0.29) is 13.2 Å². The van der Waals surface area contributed by atoms with Crippen molar-refractivity contribution >= 4 is 22.6 Å². The Morgan fingerprint density at radius 3 is 3.12 bits per heavy atom. The lowest BCUT2D eigenvalue weighted by atomic mass is 10.2. The normalized spacial score (nSPS) is 12.9. The van der Waals surface area contributed by atoms with Crippen molar-refractivity contribution in [1.29, 1.82) is 0 Å². The molecule has 0 aliphatic rings. The minimum atomic E-state index is -0.439. The molecule has 0 fully saturated rings. The molecule has 6 heteroatoms. The predicted octanol–water partition coefficient (Wildman–Crippen LogP) is 1.18. The monoisotopic (exact) mass is 242 g/mol. The summed E-state index contributed by atoms with van der Waals surface area (Å²) in [6.45, 7) is 0.0290. The van der Waals surface area contributed by atoms with Crippen LogP contribution in [-0.4, -0.2) is 29.5 Å². The van der Waals surface area contributed by atoms with Crippen molar-refractivity contribution in [3.8, 4) is 5.88 Å². The highest BCUT2D eigenvalue weighted by Gasteiger charge is 2.11. The van der Waals surface area contributed by atoms with Crippen LogP contribution in [0.5, 0.6) is 5.88 Å². The van der Waals surface area contributed by atoms with Crippen LogP contribution in [0.4, 0.5) is 0 Å². The first-order chi connectivity index (χ1) is 7.70. The quantitative estimate of drug-likeness (QED) is 0.841. The summed E-state index contributed by atoms with van der Waals surface area (Å²) in [4.78, 5) is 0. The van der Waals surface area contributed by atoms with Crippen molar-refractivity contribution in [2.45, 2.75) is 6.04 Å². The third kappa shape index (κ3) is 2.27. The van der Waals surface area contributed by atoms with Gasteiger partial charge in [-0.2, -0.15) is 0 Å². The van der Waals surface area contributed by atoms with Crippen LogP contribution in [0.1, 0.15) is 0 Å². The first-order valence-electron chi connectivity index (χ1n) is 4.75. The van der Waals surface area contributed by atoms with E-state index in [1.165, 1.54) is 0 Å². The van der Waals surface area contributed by atoms with Gasteiger partial charge in [-0.15, -0.1) is 0 Å². The highest BCUT2D eigenvalue weighted by molar-refractivity contribution is 6.31. The maximum absolute atomic E-state index is 8.75. The Kier molecular flexibility index (Phi) is 3.28. The highest BCUT2D eigenvalue weighted by Crippen LogP contribution is 2.27. The molecule has 86 valence electrons. The van der Waals surface area contributed by atoms with Gasteiger partial charge in [0.1, 0.15) is 6.61 Å². The van der Waals surface area contributed by atoms with Gasteiger partial charge < -0.3 is 20.1 Å². The van der Waals surface area contributed by atoms with Crippen LogP contribution in [0.15, 0.2) is 22.7 Å². The molecule has 16 heavy (non-hydrogen) atoms. The van der Waals surface area contributed by atoms with Gasteiger partial charge in [-0.1, -0.05) is 11.6 Å². The molecule has 0 radical (unpaired) electrons. The van der Waals surface area contributed by atoms with Crippen molar-refractivity contribution in [3.05, 3.63) is 23.2 Å². The van der Waals surface area contributed by atoms with E-state index < -0.39 is 6.04 Å². The number of aliphatic hydroxyl groups excluding tert-OH is 1. The van der Waals surface area contributed by atoms with Gasteiger partial charge in [0.25, 0.3) is 5.88 Å². The zero-order chi connectivity index (χ0) is 11.5. The SMILES string of the molecule is NC(CO)COc1noc2ccc(Cl)cc12. The molecule has 5 nitrogen and oxygen atoms in total. The van der Waals surface area contributed by atoms with Crippen LogP contribution < -0.4 is 10.5 Å². The lowest BCUT2D eigenvalue weighted by Gasteiger charge is -2.07. The van der Waals surface area contributed by atoms with E-state index in [1.54, 1.807) is 18.2 Å². The van der Waals surface area contributed by atoms with E-state index in [0.29, 0.717) is 21.9 Å². The molecule has 1 heterocycles. The summed E-state index contributed by atoms with van der Waals surface area (Å²) in [6.07, 6.45) is 0. The van der Waals surface area contributed by atoms with Gasteiger partial charge >= 0.3 is 0 Å². The number of hydrogen-bond acceptors (Lipinski definition) is 5. The third-order valence-electron chi connectivity index (χ3n) is 2.07. The summed E-state index contributed by atoms with van der Waals surface area (Å²) in [7, 11) is 0. The molecule has 0 amide bonds. The lowest BCUT2D eigenvalue weighted by molar-refractivity contribution is 0.198. The number of hydrogen-bond donors (Lipinski definition) is 2. The zero-order valence-electron chi connectivity index (χ0n) is 8.39. The zero-order valence-corrected chi connectivity index (χ0v) is 9.15. The number of nitrogens with zero attached hydrogens (tertiary/aromatic N) is 1. The Hall–Kier alpha value is -1.30. The first kappa shape index (κ1) is 11.2. The van der Waals surface area contributed by atoms with Gasteiger partial charge in [-0.05, 0) is 23.4 Å². The number of fused-ring (bicyclic) bond motifs is 1. The molecule has 1 unspecified atom stereocenters. The summed E-state index contributed by atoms with van der Waals surface area (Å²) in [5, 5.41) is 13.8. The van der Waals surface area contributed by atoms with Crippen molar-refractivity contribution < 1.29 is 14.4 Å². The number of halogens is 1. The minimum absolute atomic E-state index is 0.142. The maximum Gasteiger partial charge on any atom is 0.262 e. The second-order valence-corrected chi connectivity index (χ2v) is 3.82. The number of nitrogens with two attached hydrogens (primary N) is 1. The molecular weight excluding hydrogens is 232 g/mol. The molecular formula is C10H11ClN2O3. The summed E-state index contributed by atoms with van der Waals surface area (Å²) in [5.41, 5.74) is 6.10. The molecule has 1 atom stereocenters. The minimum Gasteiger partial charge on any atom is -0.473 e. The van der Waals surface area contributed by atoms with Crippen LogP contribution >= 0.6 is 11.6 Å². The van der Waals surface area contributed by atoms with Crippen molar-refractivity contribution in [3.63, 3.8) is 0 Å². The molecule has 1 aromatic heterocycles. The standard InChI is InChI=1S/C10H11ClN2O3/c11-6-1-2-9-8(3-6)10(13-16-9)15-5-7(12)4-14/h1-3,7,14H,4-5,12H2. The van der Waals surface area contributed by atoms with E-state index in [2.05, 4.69) is 5.16 Å². The van der Waals surface area contributed by atoms with Crippen LogP contribution in [0, 0.1) is 0 Å². The van der Waals surface area contributed by atoms with Gasteiger partial charge in [0.15, 0.2) is 5.58 Å². The van der Waals surface area contributed by atoms with Crippen molar-refractivity contribution in [1.82, 2.24) is 5.16 Å². The average molecular weight is 243 g/mol. The molecule has 0 spiro atoms. The van der Waals surface area contributed by atoms with Gasteiger partial charge in [-0.3, -0.25) is 0 Å². The second-order valence-electron chi connectivity index (χ2n) is 3.38. The van der Waals surface area contributed by atoms with Crippen molar-refractivity contribution in [2.75, 3.05) is 13.2 Å². The Bertz CT molecular complexity index is 486. The number of rotatable bonds is 4. The summed E-state index contributed by atoms with van der Waals surface area (Å²) >= 11 is 5.85. The van der Waals surface area contributed by atoms with Gasteiger partial charge in [0, 0.05) is 5.02 Å². The van der Waals surface area contributed by atoms with E-state index >= 15 is 0 Å². The average Bonchev–Trinajstić information content (AvgIpc) is 2.68. The predicted molar refractivity (Wildman–Crippen MR) is 59.6 cm³/mol. The topological polar surface area (TPSA) is 81.5 Å². The Labute approximate surface area is 96.7 Å². The van der Waals surface area contributed by atoms with Gasteiger partial charge in [0.2, 0.25) is 0 Å². The van der Waals surface area contributed by atoms with Gasteiger partial charge in [0.05, 0.1) is 18.0 Å². The Morgan fingerprint density at radius 2 is 2.38 bits per heavy atom. The fourth-order valence-electron chi connectivity index (χ4n) is 1.23. The number of benzene rings is 1. The first-order valence-corrected chi connectivity index (χ1v) is 5.12. The number of ether oxygens (including phenoxy) is 1.